The number of carbonyl (C=O) groups is 1. The second-order valence-corrected chi connectivity index (χ2v) is 5.63. The summed E-state index contributed by atoms with van der Waals surface area (Å²) >= 11 is 1.65. The van der Waals surface area contributed by atoms with Crippen LogP contribution in [0.2, 0.25) is 0 Å². The van der Waals surface area contributed by atoms with Gasteiger partial charge in [0, 0.05) is 15.4 Å². The van der Waals surface area contributed by atoms with E-state index in [2.05, 4.69) is 5.32 Å². The third kappa shape index (κ3) is 3.12. The van der Waals surface area contributed by atoms with Crippen LogP contribution in [0.4, 0.5) is 10.1 Å². The van der Waals surface area contributed by atoms with Crippen LogP contribution in [-0.4, -0.2) is 11.1 Å². The fraction of sp³-hybridized carbons (Fsp3) is 0.214. The Morgan fingerprint density at radius 3 is 2.68 bits per heavy atom. The van der Waals surface area contributed by atoms with Gasteiger partial charge in [-0.1, -0.05) is 0 Å². The first-order chi connectivity index (χ1) is 8.97. The van der Waals surface area contributed by atoms with Crippen molar-refractivity contribution in [1.29, 1.82) is 0 Å². The van der Waals surface area contributed by atoms with Crippen molar-refractivity contribution in [2.45, 2.75) is 19.9 Å². The molecule has 0 aliphatic rings. The first-order valence-electron chi connectivity index (χ1n) is 5.83. The maximum absolute atomic E-state index is 13.1. The molecule has 2 rings (SSSR count). The number of rotatable bonds is 4. The molecule has 0 aliphatic carbocycles. The van der Waals surface area contributed by atoms with Gasteiger partial charge in [0.15, 0.2) is 0 Å². The summed E-state index contributed by atoms with van der Waals surface area (Å²) in [5, 5.41) is 12.2. The van der Waals surface area contributed by atoms with Crippen molar-refractivity contribution >= 4 is 23.0 Å². The Bertz CT molecular complexity index is 609. The van der Waals surface area contributed by atoms with Crippen molar-refractivity contribution in [3.05, 3.63) is 51.5 Å². The van der Waals surface area contributed by atoms with E-state index in [1.807, 2.05) is 26.0 Å². The molecule has 5 heteroatoms. The van der Waals surface area contributed by atoms with Crippen LogP contribution in [0.5, 0.6) is 0 Å². The summed E-state index contributed by atoms with van der Waals surface area (Å²) in [5.41, 5.74) is 0.368. The second kappa shape index (κ2) is 5.40. The van der Waals surface area contributed by atoms with Gasteiger partial charge in [0.05, 0.1) is 11.6 Å². The van der Waals surface area contributed by atoms with E-state index in [9.17, 15) is 9.18 Å². The molecule has 3 nitrogen and oxygen atoms in total. The predicted octanol–water partition coefficient (Wildman–Crippen LogP) is 4.07. The lowest BCUT2D eigenvalue weighted by molar-refractivity contribution is 0.0697. The second-order valence-electron chi connectivity index (χ2n) is 4.31. The van der Waals surface area contributed by atoms with Crippen molar-refractivity contribution in [3.8, 4) is 0 Å². The summed E-state index contributed by atoms with van der Waals surface area (Å²) < 4.78 is 13.1. The van der Waals surface area contributed by atoms with E-state index in [0.29, 0.717) is 5.69 Å². The molecule has 1 heterocycles. The molecule has 0 bridgehead atoms. The molecule has 1 aromatic heterocycles. The molecule has 19 heavy (non-hydrogen) atoms. The van der Waals surface area contributed by atoms with Gasteiger partial charge in [-0.2, -0.15) is 0 Å². The summed E-state index contributed by atoms with van der Waals surface area (Å²) in [5.74, 6) is -1.70. The van der Waals surface area contributed by atoms with E-state index < -0.39 is 11.8 Å². The summed E-state index contributed by atoms with van der Waals surface area (Å²) in [4.78, 5) is 13.4. The fourth-order valence-corrected chi connectivity index (χ4v) is 2.69. The third-order valence-corrected chi connectivity index (χ3v) is 3.96. The molecule has 2 aromatic rings. The molecule has 0 radical (unpaired) electrons. The zero-order valence-electron chi connectivity index (χ0n) is 10.6. The van der Waals surface area contributed by atoms with Gasteiger partial charge < -0.3 is 10.4 Å². The number of nitrogens with one attached hydrogen (secondary N) is 1. The van der Waals surface area contributed by atoms with Crippen molar-refractivity contribution < 1.29 is 14.3 Å². The van der Waals surface area contributed by atoms with Gasteiger partial charge >= 0.3 is 5.97 Å². The first-order valence-corrected chi connectivity index (χ1v) is 6.64. The van der Waals surface area contributed by atoms with Crippen LogP contribution < -0.4 is 5.32 Å². The molecule has 0 spiro atoms. The van der Waals surface area contributed by atoms with Crippen LogP contribution in [0.1, 0.15) is 33.1 Å². The quantitative estimate of drug-likeness (QED) is 0.887. The number of hydrogen-bond acceptors (Lipinski definition) is 3. The number of carboxylic acids is 1. The molecule has 0 aliphatic heterocycles. The molecule has 0 saturated carbocycles. The Kier molecular flexibility index (Phi) is 3.85. The minimum absolute atomic E-state index is 0.0257. The smallest absolute Gasteiger partial charge is 0.337 e. The predicted molar refractivity (Wildman–Crippen MR) is 74.5 cm³/mol. The average molecular weight is 279 g/mol. The number of hydrogen-bond donors (Lipinski definition) is 2. The molecular formula is C14H14FNO2S. The van der Waals surface area contributed by atoms with E-state index in [0.717, 1.165) is 10.9 Å². The third-order valence-electron chi connectivity index (χ3n) is 2.77. The highest BCUT2D eigenvalue weighted by Crippen LogP contribution is 2.27. The molecule has 1 unspecified atom stereocenters. The minimum atomic E-state index is -1.14. The van der Waals surface area contributed by atoms with Crippen LogP contribution >= 0.6 is 11.3 Å². The van der Waals surface area contributed by atoms with Crippen LogP contribution in [0.25, 0.3) is 0 Å². The number of halogens is 1. The highest BCUT2D eigenvalue weighted by molar-refractivity contribution is 7.12. The summed E-state index contributed by atoms with van der Waals surface area (Å²) in [7, 11) is 0. The molecule has 2 N–H and O–H groups in total. The number of thiophene rings is 1. The maximum atomic E-state index is 13.1. The Labute approximate surface area is 114 Å². The van der Waals surface area contributed by atoms with Gasteiger partial charge in [-0.05, 0) is 44.2 Å². The van der Waals surface area contributed by atoms with Crippen LogP contribution in [0.3, 0.4) is 0 Å². The molecular weight excluding hydrogens is 265 g/mol. The molecule has 0 saturated heterocycles. The lowest BCUT2D eigenvalue weighted by Gasteiger charge is -2.15. The zero-order chi connectivity index (χ0) is 14.0. The number of carboxylic acid groups (broad SMARTS) is 1. The Morgan fingerprint density at radius 2 is 2.11 bits per heavy atom. The number of benzene rings is 1. The monoisotopic (exact) mass is 279 g/mol. The highest BCUT2D eigenvalue weighted by atomic mass is 32.1. The lowest BCUT2D eigenvalue weighted by Crippen LogP contribution is -2.10. The van der Waals surface area contributed by atoms with Crippen molar-refractivity contribution in [2.75, 3.05) is 5.32 Å². The zero-order valence-corrected chi connectivity index (χ0v) is 11.4. The van der Waals surface area contributed by atoms with E-state index >= 15 is 0 Å². The number of aromatic carboxylic acids is 1. The van der Waals surface area contributed by atoms with Gasteiger partial charge in [-0.25, -0.2) is 9.18 Å². The average Bonchev–Trinajstić information content (AvgIpc) is 2.78. The largest absolute Gasteiger partial charge is 0.478 e. The van der Waals surface area contributed by atoms with Crippen molar-refractivity contribution in [2.24, 2.45) is 0 Å². The van der Waals surface area contributed by atoms with Crippen molar-refractivity contribution in [1.82, 2.24) is 0 Å². The maximum Gasteiger partial charge on any atom is 0.337 e. The molecule has 1 atom stereocenters. The van der Waals surface area contributed by atoms with Crippen LogP contribution in [0.15, 0.2) is 30.3 Å². The first kappa shape index (κ1) is 13.5. The van der Waals surface area contributed by atoms with E-state index in [-0.39, 0.29) is 11.6 Å². The lowest BCUT2D eigenvalue weighted by atomic mass is 10.1. The molecule has 0 fully saturated rings. The van der Waals surface area contributed by atoms with Gasteiger partial charge in [-0.15, -0.1) is 11.3 Å². The van der Waals surface area contributed by atoms with Crippen LogP contribution in [0, 0.1) is 12.7 Å². The Balaban J connectivity index is 2.26. The Morgan fingerprint density at radius 1 is 1.37 bits per heavy atom. The molecule has 100 valence electrons. The van der Waals surface area contributed by atoms with E-state index in [1.165, 1.54) is 17.0 Å². The van der Waals surface area contributed by atoms with Crippen molar-refractivity contribution in [3.63, 3.8) is 0 Å². The molecule has 0 amide bonds. The van der Waals surface area contributed by atoms with Gasteiger partial charge in [0.2, 0.25) is 0 Å². The summed E-state index contributed by atoms with van der Waals surface area (Å²) in [6.45, 7) is 3.96. The Hall–Kier alpha value is -1.88. The number of aryl methyl sites for hydroxylation is 1. The van der Waals surface area contributed by atoms with E-state index in [1.54, 1.807) is 11.3 Å². The summed E-state index contributed by atoms with van der Waals surface area (Å²) in [6.07, 6.45) is 0. The standard InChI is InChI=1S/C14H14FNO2S/c1-8-3-6-13(19-8)9(2)16-12-5-4-10(15)7-11(12)14(17)18/h3-7,9,16H,1-2H3,(H,17,18). The summed E-state index contributed by atoms with van der Waals surface area (Å²) in [6, 6.07) is 7.72. The normalized spacial score (nSPS) is 12.2. The van der Waals surface area contributed by atoms with E-state index in [4.69, 9.17) is 5.11 Å². The van der Waals surface area contributed by atoms with Gasteiger partial charge in [-0.3, -0.25) is 0 Å². The van der Waals surface area contributed by atoms with Gasteiger partial charge in [0.1, 0.15) is 5.82 Å². The van der Waals surface area contributed by atoms with Crippen LogP contribution in [-0.2, 0) is 0 Å². The molecule has 1 aromatic carbocycles. The minimum Gasteiger partial charge on any atom is -0.478 e. The number of anilines is 1. The SMILES string of the molecule is Cc1ccc(C(C)Nc2ccc(F)cc2C(=O)O)s1. The topological polar surface area (TPSA) is 49.3 Å². The highest BCUT2D eigenvalue weighted by Gasteiger charge is 2.14. The van der Waals surface area contributed by atoms with Gasteiger partial charge in [0.25, 0.3) is 0 Å². The fourth-order valence-electron chi connectivity index (χ4n) is 1.81.